The van der Waals surface area contributed by atoms with Gasteiger partial charge in [0.25, 0.3) is 0 Å². The Labute approximate surface area is 75.6 Å². The molecule has 0 spiro atoms. The number of hydrogen-bond donors (Lipinski definition) is 0. The van der Waals surface area contributed by atoms with Gasteiger partial charge >= 0.3 is 0 Å². The summed E-state index contributed by atoms with van der Waals surface area (Å²) >= 11 is 0. The second-order valence-electron chi connectivity index (χ2n) is 3.75. The molecule has 2 atom stereocenters. The quantitative estimate of drug-likeness (QED) is 0.509. The molecule has 0 amide bonds. The SMILES string of the molecule is C1=CC2OC2C2=c3ccccc3=C12. The zero-order valence-corrected chi connectivity index (χ0v) is 7.03. The molecule has 1 saturated heterocycles. The van der Waals surface area contributed by atoms with E-state index in [2.05, 4.69) is 36.4 Å². The van der Waals surface area contributed by atoms with Gasteiger partial charge in [-0.05, 0) is 21.6 Å². The van der Waals surface area contributed by atoms with Gasteiger partial charge in [0, 0.05) is 0 Å². The van der Waals surface area contributed by atoms with E-state index in [1.54, 1.807) is 0 Å². The van der Waals surface area contributed by atoms with E-state index in [-0.39, 0.29) is 0 Å². The second-order valence-corrected chi connectivity index (χ2v) is 3.75. The monoisotopic (exact) mass is 168 g/mol. The Hall–Kier alpha value is -1.34. The first-order chi connectivity index (χ1) is 6.45. The van der Waals surface area contributed by atoms with Crippen molar-refractivity contribution >= 4 is 11.1 Å². The van der Waals surface area contributed by atoms with Gasteiger partial charge in [0.05, 0.1) is 0 Å². The maximum absolute atomic E-state index is 5.52. The highest BCUT2D eigenvalue weighted by atomic mass is 16.6. The van der Waals surface area contributed by atoms with Gasteiger partial charge in [0.1, 0.15) is 12.2 Å². The van der Waals surface area contributed by atoms with Crippen molar-refractivity contribution in [2.24, 2.45) is 0 Å². The maximum atomic E-state index is 5.52. The van der Waals surface area contributed by atoms with E-state index in [9.17, 15) is 0 Å². The molecule has 1 aromatic rings. The van der Waals surface area contributed by atoms with Crippen LogP contribution in [0, 0.1) is 0 Å². The van der Waals surface area contributed by atoms with Crippen LogP contribution in [0.2, 0.25) is 0 Å². The summed E-state index contributed by atoms with van der Waals surface area (Å²) in [6, 6.07) is 8.56. The predicted octanol–water partition coefficient (Wildman–Crippen LogP) is 0.339. The summed E-state index contributed by atoms with van der Waals surface area (Å²) in [7, 11) is 0. The van der Waals surface area contributed by atoms with Gasteiger partial charge in [-0.2, -0.15) is 0 Å². The molecule has 0 aromatic heterocycles. The molecule has 0 N–H and O–H groups in total. The molecule has 2 unspecified atom stereocenters. The highest BCUT2D eigenvalue weighted by molar-refractivity contribution is 6.03. The minimum Gasteiger partial charge on any atom is -0.360 e. The fourth-order valence-corrected chi connectivity index (χ4v) is 2.36. The number of epoxide rings is 1. The van der Waals surface area contributed by atoms with Crippen LogP contribution in [0.15, 0.2) is 36.4 Å². The largest absolute Gasteiger partial charge is 0.360 e. The van der Waals surface area contributed by atoms with Gasteiger partial charge in [0.15, 0.2) is 0 Å². The fourth-order valence-electron chi connectivity index (χ4n) is 2.36. The summed E-state index contributed by atoms with van der Waals surface area (Å²) in [6.07, 6.45) is 5.13. The molecule has 2 aliphatic carbocycles. The third kappa shape index (κ3) is 0.595. The summed E-state index contributed by atoms with van der Waals surface area (Å²) in [4.78, 5) is 0. The fraction of sp³-hybridized carbons (Fsp3) is 0.167. The molecular formula is C12H8O. The number of hydrogen-bond acceptors (Lipinski definition) is 1. The van der Waals surface area contributed by atoms with Crippen molar-refractivity contribution in [1.82, 2.24) is 0 Å². The van der Waals surface area contributed by atoms with Crippen LogP contribution >= 0.6 is 0 Å². The molecule has 13 heavy (non-hydrogen) atoms. The van der Waals surface area contributed by atoms with E-state index in [0.717, 1.165) is 0 Å². The zero-order valence-electron chi connectivity index (χ0n) is 7.03. The van der Waals surface area contributed by atoms with Gasteiger partial charge in [-0.1, -0.05) is 36.4 Å². The Bertz CT molecular complexity index is 551. The standard InChI is InChI=1S/C12H8O/c1-2-4-8-7(3-1)9-5-6-10-12(13-10)11(8)9/h1-6,10,12H. The Balaban J connectivity index is 2.17. The first-order valence-corrected chi connectivity index (χ1v) is 4.63. The van der Waals surface area contributed by atoms with E-state index < -0.39 is 0 Å². The van der Waals surface area contributed by atoms with Crippen LogP contribution < -0.4 is 10.4 Å². The summed E-state index contributed by atoms with van der Waals surface area (Å²) in [5.74, 6) is 0. The molecule has 4 rings (SSSR count). The van der Waals surface area contributed by atoms with Crippen LogP contribution in [0.3, 0.4) is 0 Å². The lowest BCUT2D eigenvalue weighted by atomic mass is 9.84. The Morgan fingerprint density at radius 3 is 2.85 bits per heavy atom. The van der Waals surface area contributed by atoms with E-state index in [1.165, 1.54) is 21.6 Å². The van der Waals surface area contributed by atoms with Crippen molar-refractivity contribution in [3.8, 4) is 0 Å². The molecule has 1 aromatic carbocycles. The van der Waals surface area contributed by atoms with Crippen LogP contribution in [0.25, 0.3) is 11.1 Å². The molecule has 62 valence electrons. The van der Waals surface area contributed by atoms with Crippen LogP contribution in [0.5, 0.6) is 0 Å². The first kappa shape index (κ1) is 6.17. The second kappa shape index (κ2) is 1.78. The lowest BCUT2D eigenvalue weighted by Crippen LogP contribution is -2.40. The highest BCUT2D eigenvalue weighted by Gasteiger charge is 2.45. The van der Waals surface area contributed by atoms with Gasteiger partial charge in [-0.25, -0.2) is 0 Å². The van der Waals surface area contributed by atoms with Gasteiger partial charge in [0.2, 0.25) is 0 Å². The first-order valence-electron chi connectivity index (χ1n) is 4.63. The van der Waals surface area contributed by atoms with Crippen molar-refractivity contribution < 1.29 is 4.74 Å². The van der Waals surface area contributed by atoms with Gasteiger partial charge in [-0.3, -0.25) is 0 Å². The maximum Gasteiger partial charge on any atom is 0.114 e. The van der Waals surface area contributed by atoms with Crippen molar-refractivity contribution in [2.45, 2.75) is 12.2 Å². The minimum absolute atomic E-state index is 0.382. The lowest BCUT2D eigenvalue weighted by Gasteiger charge is -2.18. The van der Waals surface area contributed by atoms with Crippen molar-refractivity contribution in [1.29, 1.82) is 0 Å². The molecule has 1 nitrogen and oxygen atoms in total. The highest BCUT2D eigenvalue weighted by Crippen LogP contribution is 2.40. The van der Waals surface area contributed by atoms with E-state index in [4.69, 9.17) is 4.74 Å². The van der Waals surface area contributed by atoms with E-state index in [0.29, 0.717) is 12.2 Å². The molecule has 3 aliphatic rings. The van der Waals surface area contributed by atoms with Crippen LogP contribution in [-0.2, 0) is 4.74 Å². The van der Waals surface area contributed by atoms with Crippen LogP contribution in [0.4, 0.5) is 0 Å². The van der Waals surface area contributed by atoms with Crippen LogP contribution in [-0.4, -0.2) is 12.2 Å². The van der Waals surface area contributed by atoms with Gasteiger partial charge in [-0.15, -0.1) is 0 Å². The predicted molar refractivity (Wildman–Crippen MR) is 50.3 cm³/mol. The molecule has 0 bridgehead atoms. The number of rotatable bonds is 0. The van der Waals surface area contributed by atoms with Crippen molar-refractivity contribution in [3.05, 3.63) is 46.9 Å². The van der Waals surface area contributed by atoms with Gasteiger partial charge < -0.3 is 4.74 Å². The Morgan fingerprint density at radius 1 is 1.08 bits per heavy atom. The lowest BCUT2D eigenvalue weighted by molar-refractivity contribution is 0.418. The third-order valence-electron chi connectivity index (χ3n) is 3.06. The number of benzene rings is 1. The summed E-state index contributed by atoms with van der Waals surface area (Å²) in [5.41, 5.74) is 2.83. The molecule has 1 fully saturated rings. The number of fused-ring (bicyclic) bond motifs is 4. The number of allylic oxidation sites excluding steroid dienone is 1. The van der Waals surface area contributed by atoms with Crippen LogP contribution in [0.1, 0.15) is 0 Å². The van der Waals surface area contributed by atoms with E-state index in [1.807, 2.05) is 0 Å². The average Bonchev–Trinajstić information content (AvgIpc) is 2.89. The summed E-state index contributed by atoms with van der Waals surface area (Å²) in [5, 5.41) is 2.79. The normalized spacial score (nSPS) is 31.7. The topological polar surface area (TPSA) is 12.5 Å². The molecule has 0 saturated carbocycles. The zero-order chi connectivity index (χ0) is 8.41. The Morgan fingerprint density at radius 2 is 1.92 bits per heavy atom. The molecule has 1 heteroatoms. The van der Waals surface area contributed by atoms with Crippen molar-refractivity contribution in [2.75, 3.05) is 0 Å². The van der Waals surface area contributed by atoms with E-state index >= 15 is 0 Å². The average molecular weight is 168 g/mol. The minimum atomic E-state index is 0.382. The molecule has 1 heterocycles. The smallest absolute Gasteiger partial charge is 0.114 e. The van der Waals surface area contributed by atoms with Crippen molar-refractivity contribution in [3.63, 3.8) is 0 Å². The Kier molecular flexibility index (Phi) is 0.843. The molecule has 1 aliphatic heterocycles. The number of ether oxygens (including phenoxy) is 1. The molecular weight excluding hydrogens is 160 g/mol. The third-order valence-corrected chi connectivity index (χ3v) is 3.06. The summed E-state index contributed by atoms with van der Waals surface area (Å²) in [6.45, 7) is 0. The summed E-state index contributed by atoms with van der Waals surface area (Å²) < 4.78 is 5.52. The molecule has 0 radical (unpaired) electrons.